The molecule has 0 saturated heterocycles. The molecule has 0 bridgehead atoms. The van der Waals surface area contributed by atoms with Crippen LogP contribution in [0, 0.1) is 0 Å². The van der Waals surface area contributed by atoms with Crippen molar-refractivity contribution in [1.29, 1.82) is 0 Å². The lowest BCUT2D eigenvalue weighted by molar-refractivity contribution is 0.0469. The molecule has 8 aromatic carbocycles. The summed E-state index contributed by atoms with van der Waals surface area (Å²) in [6, 6.07) is 68.3. The van der Waals surface area contributed by atoms with Crippen LogP contribution in [0.1, 0.15) is 74.9 Å². The molecule has 7 nitrogen and oxygen atoms in total. The summed E-state index contributed by atoms with van der Waals surface area (Å²) in [6.07, 6.45) is 0. The number of carbonyl (C=O) groups excluding carboxylic acids is 2. The van der Waals surface area contributed by atoms with Crippen LogP contribution in [0.3, 0.4) is 0 Å². The highest BCUT2D eigenvalue weighted by molar-refractivity contribution is 6.99. The van der Waals surface area contributed by atoms with E-state index in [1.54, 1.807) is 18.2 Å². The highest BCUT2D eigenvalue weighted by atomic mass is 28.4. The quantitative estimate of drug-likeness (QED) is 0.0454. The van der Waals surface area contributed by atoms with E-state index in [-0.39, 0.29) is 72.0 Å². The predicted molar refractivity (Wildman–Crippen MR) is 267 cm³/mol. The standard InChI is InChI=1S/C59H54O7Si/c1-59(2,3)67(49-31-18-8-19-32-49,50-33-20-9-21-34-50)66-43-48-37-53(63-40-45-25-12-5-13-26-45)56(54(38-48)64-41-46-27-14-6-15-28-46)57(60)55-51(58(61)65-42-47-29-16-7-17-30-47)35-22-36-52(55)62-39-44-23-10-4-11-24-44/h4-38H,39-43H2,1-3H3. The Bertz CT molecular complexity index is 2750. The zero-order chi connectivity index (χ0) is 46.5. The minimum absolute atomic E-state index is 0.0132. The van der Waals surface area contributed by atoms with Crippen LogP contribution in [0.5, 0.6) is 17.2 Å². The van der Waals surface area contributed by atoms with Gasteiger partial charge in [-0.25, -0.2) is 4.79 Å². The van der Waals surface area contributed by atoms with Gasteiger partial charge in [-0.1, -0.05) is 209 Å². The largest absolute Gasteiger partial charge is 0.488 e. The predicted octanol–water partition coefficient (Wildman–Crippen LogP) is 12.1. The van der Waals surface area contributed by atoms with Crippen molar-refractivity contribution in [3.63, 3.8) is 0 Å². The van der Waals surface area contributed by atoms with Gasteiger partial charge in [-0.15, -0.1) is 0 Å². The highest BCUT2D eigenvalue weighted by Crippen LogP contribution is 2.41. The number of ketones is 1. The fourth-order valence-electron chi connectivity index (χ4n) is 8.32. The molecule has 0 fully saturated rings. The molecule has 0 aliphatic carbocycles. The second-order valence-corrected chi connectivity index (χ2v) is 21.6. The normalized spacial score (nSPS) is 11.4. The van der Waals surface area contributed by atoms with Gasteiger partial charge < -0.3 is 23.4 Å². The third kappa shape index (κ3) is 11.1. The number of hydrogen-bond donors (Lipinski definition) is 0. The van der Waals surface area contributed by atoms with Crippen molar-refractivity contribution in [2.45, 2.75) is 58.8 Å². The summed E-state index contributed by atoms with van der Waals surface area (Å²) < 4.78 is 33.3. The van der Waals surface area contributed by atoms with Crippen LogP contribution in [-0.2, 0) is 42.2 Å². The molecule has 0 heterocycles. The summed E-state index contributed by atoms with van der Waals surface area (Å²) in [5, 5.41) is 1.99. The first-order chi connectivity index (χ1) is 32.7. The maximum atomic E-state index is 15.8. The van der Waals surface area contributed by atoms with E-state index >= 15 is 4.79 Å². The van der Waals surface area contributed by atoms with E-state index in [1.807, 2.05) is 146 Å². The molecule has 0 unspecified atom stereocenters. The van der Waals surface area contributed by atoms with Crippen LogP contribution in [-0.4, -0.2) is 20.1 Å². The molecular formula is C59H54O7Si. The highest BCUT2D eigenvalue weighted by Gasteiger charge is 2.50. The van der Waals surface area contributed by atoms with Crippen molar-refractivity contribution in [2.24, 2.45) is 0 Å². The lowest BCUT2D eigenvalue weighted by Gasteiger charge is -2.43. The van der Waals surface area contributed by atoms with Crippen LogP contribution in [0.15, 0.2) is 212 Å². The Morgan fingerprint density at radius 3 is 1.21 bits per heavy atom. The fraction of sp³-hybridized carbons (Fsp3) is 0.153. The van der Waals surface area contributed by atoms with Crippen LogP contribution in [0.4, 0.5) is 0 Å². The zero-order valence-electron chi connectivity index (χ0n) is 38.1. The third-order valence-corrected chi connectivity index (χ3v) is 16.6. The molecule has 67 heavy (non-hydrogen) atoms. The molecule has 0 radical (unpaired) electrons. The SMILES string of the molecule is CC(C)(C)[Si](OCc1cc(OCc2ccccc2)c(C(=O)c2c(OCc3ccccc3)cccc2C(=O)OCc2ccccc2)c(OCc2ccccc2)c1)(c1ccccc1)c1ccccc1. The number of esters is 1. The van der Waals surface area contributed by atoms with Gasteiger partial charge in [0.15, 0.2) is 0 Å². The second-order valence-electron chi connectivity index (χ2n) is 17.3. The van der Waals surface area contributed by atoms with E-state index in [0.717, 1.165) is 38.2 Å². The molecule has 0 aliphatic rings. The molecule has 0 amide bonds. The summed E-state index contributed by atoms with van der Waals surface area (Å²) in [5.74, 6) is -0.457. The Morgan fingerprint density at radius 2 is 0.791 bits per heavy atom. The Kier molecular flexibility index (Phi) is 14.9. The first-order valence-corrected chi connectivity index (χ1v) is 24.4. The van der Waals surface area contributed by atoms with Crippen LogP contribution in [0.25, 0.3) is 0 Å². The van der Waals surface area contributed by atoms with E-state index in [9.17, 15) is 4.79 Å². The summed E-state index contributed by atoms with van der Waals surface area (Å²) in [6.45, 7) is 7.36. The van der Waals surface area contributed by atoms with Gasteiger partial charge in [0.2, 0.25) is 5.78 Å². The Balaban J connectivity index is 1.27. The molecule has 8 rings (SSSR count). The van der Waals surface area contributed by atoms with Gasteiger partial charge in [-0.3, -0.25) is 4.79 Å². The molecule has 0 aliphatic heterocycles. The topological polar surface area (TPSA) is 80.3 Å². The Hall–Kier alpha value is -7.52. The lowest BCUT2D eigenvalue weighted by atomic mass is 9.94. The van der Waals surface area contributed by atoms with Gasteiger partial charge in [0.25, 0.3) is 8.32 Å². The minimum atomic E-state index is -3.01. The third-order valence-electron chi connectivity index (χ3n) is 11.6. The number of benzene rings is 8. The molecule has 0 aromatic heterocycles. The van der Waals surface area contributed by atoms with Gasteiger partial charge in [0.05, 0.1) is 17.7 Å². The van der Waals surface area contributed by atoms with Crippen molar-refractivity contribution in [1.82, 2.24) is 0 Å². The van der Waals surface area contributed by atoms with Crippen molar-refractivity contribution in [2.75, 3.05) is 0 Å². The van der Waals surface area contributed by atoms with E-state index in [1.165, 1.54) is 0 Å². The average molecular weight is 903 g/mol. The van der Waals surface area contributed by atoms with Crippen LogP contribution in [0.2, 0.25) is 5.04 Å². The van der Waals surface area contributed by atoms with Crippen LogP contribution < -0.4 is 24.6 Å². The van der Waals surface area contributed by atoms with Crippen molar-refractivity contribution in [3.8, 4) is 17.2 Å². The Labute approximate surface area is 394 Å². The summed E-state index contributed by atoms with van der Waals surface area (Å²) in [5.41, 5.74) is 4.46. The van der Waals surface area contributed by atoms with Gasteiger partial charge in [-0.2, -0.15) is 0 Å². The summed E-state index contributed by atoms with van der Waals surface area (Å²) in [4.78, 5) is 30.0. The number of carbonyl (C=O) groups is 2. The average Bonchev–Trinajstić information content (AvgIpc) is 3.37. The first-order valence-electron chi connectivity index (χ1n) is 22.5. The molecular weight excluding hydrogens is 849 g/mol. The Morgan fingerprint density at radius 1 is 0.403 bits per heavy atom. The number of rotatable bonds is 19. The van der Waals surface area contributed by atoms with Crippen LogP contribution >= 0.6 is 0 Å². The van der Waals surface area contributed by atoms with Crippen molar-refractivity contribution in [3.05, 3.63) is 257 Å². The number of hydrogen-bond acceptors (Lipinski definition) is 7. The molecule has 0 N–H and O–H groups in total. The fourth-order valence-corrected chi connectivity index (χ4v) is 12.9. The van der Waals surface area contributed by atoms with Gasteiger partial charge in [0, 0.05) is 0 Å². The monoisotopic (exact) mass is 902 g/mol. The van der Waals surface area contributed by atoms with Gasteiger partial charge in [-0.05, 0) is 67.5 Å². The van der Waals surface area contributed by atoms with E-state index in [4.69, 9.17) is 23.4 Å². The van der Waals surface area contributed by atoms with E-state index < -0.39 is 20.1 Å². The molecule has 0 spiro atoms. The summed E-state index contributed by atoms with van der Waals surface area (Å²) in [7, 11) is -3.01. The number of ether oxygens (including phenoxy) is 4. The van der Waals surface area contributed by atoms with Gasteiger partial charge in [0.1, 0.15) is 49.2 Å². The van der Waals surface area contributed by atoms with Crippen molar-refractivity contribution >= 4 is 30.4 Å². The molecule has 8 aromatic rings. The maximum absolute atomic E-state index is 15.8. The first kappa shape index (κ1) is 46.0. The molecule has 0 saturated carbocycles. The van der Waals surface area contributed by atoms with Crippen molar-refractivity contribution < 1.29 is 33.0 Å². The minimum Gasteiger partial charge on any atom is -0.488 e. The lowest BCUT2D eigenvalue weighted by Crippen LogP contribution is -2.66. The molecule has 8 heteroatoms. The van der Waals surface area contributed by atoms with Gasteiger partial charge >= 0.3 is 5.97 Å². The van der Waals surface area contributed by atoms with E-state index in [0.29, 0.717) is 0 Å². The summed E-state index contributed by atoms with van der Waals surface area (Å²) >= 11 is 0. The van der Waals surface area contributed by atoms with E-state index in [2.05, 4.69) is 69.3 Å². The second kappa shape index (κ2) is 21.6. The maximum Gasteiger partial charge on any atom is 0.339 e. The molecule has 0 atom stereocenters. The molecule has 336 valence electrons. The zero-order valence-corrected chi connectivity index (χ0v) is 39.1. The smallest absolute Gasteiger partial charge is 0.339 e.